The molecule has 0 atom stereocenters. The first-order valence-corrected chi connectivity index (χ1v) is 6.97. The first-order chi connectivity index (χ1) is 8.28. The molecule has 100 valence electrons. The van der Waals surface area contributed by atoms with Gasteiger partial charge in [0, 0.05) is 7.05 Å². The fraction of sp³-hybridized carbons (Fsp3) is 0.300. The summed E-state index contributed by atoms with van der Waals surface area (Å²) in [6.45, 7) is -0.376. The minimum absolute atomic E-state index is 0.0386. The Morgan fingerprint density at radius 1 is 1.33 bits per heavy atom. The monoisotopic (exact) mass is 311 g/mol. The van der Waals surface area contributed by atoms with Gasteiger partial charge < -0.3 is 4.74 Å². The molecule has 0 aliphatic rings. The Morgan fingerprint density at radius 3 is 2.44 bits per heavy atom. The molecule has 0 saturated heterocycles. The lowest BCUT2D eigenvalue weighted by molar-refractivity contribution is -0.140. The number of rotatable bonds is 4. The maximum absolute atomic E-state index is 12.1. The molecule has 18 heavy (non-hydrogen) atoms. The molecule has 0 heterocycles. The third-order valence-electron chi connectivity index (χ3n) is 2.18. The summed E-state index contributed by atoms with van der Waals surface area (Å²) in [5.74, 6) is -0.652. The molecule has 0 aliphatic heterocycles. The Kier molecular flexibility index (Phi) is 4.98. The van der Waals surface area contributed by atoms with Crippen LogP contribution in [-0.4, -0.2) is 39.4 Å². The number of halogens is 2. The smallest absolute Gasteiger partial charge is 0.321 e. The number of hydrogen-bond donors (Lipinski definition) is 0. The Bertz CT molecular complexity index is 559. The Hall–Kier alpha value is -0.820. The van der Waals surface area contributed by atoms with E-state index in [1.807, 2.05) is 0 Å². The highest BCUT2D eigenvalue weighted by Crippen LogP contribution is 2.26. The maximum atomic E-state index is 12.1. The van der Waals surface area contributed by atoms with Crippen LogP contribution >= 0.6 is 23.2 Å². The molecule has 0 N–H and O–H groups in total. The van der Waals surface area contributed by atoms with E-state index < -0.39 is 16.0 Å². The highest BCUT2D eigenvalue weighted by atomic mass is 35.5. The summed E-state index contributed by atoms with van der Waals surface area (Å²) in [4.78, 5) is 11.0. The van der Waals surface area contributed by atoms with Gasteiger partial charge in [-0.3, -0.25) is 4.79 Å². The average Bonchev–Trinajstić information content (AvgIpc) is 2.32. The third-order valence-corrected chi connectivity index (χ3v) is 4.72. The summed E-state index contributed by atoms with van der Waals surface area (Å²) in [5, 5.41) is 0.385. The molecule has 0 aliphatic carbocycles. The number of sulfonamides is 1. The zero-order valence-corrected chi connectivity index (χ0v) is 12.0. The van der Waals surface area contributed by atoms with Crippen LogP contribution in [0.25, 0.3) is 0 Å². The van der Waals surface area contributed by atoms with Crippen molar-refractivity contribution >= 4 is 39.2 Å². The van der Waals surface area contributed by atoms with Crippen LogP contribution in [0.1, 0.15) is 0 Å². The van der Waals surface area contributed by atoms with Crippen molar-refractivity contribution in [3.05, 3.63) is 28.2 Å². The molecule has 0 aromatic heterocycles. The van der Waals surface area contributed by atoms with E-state index in [1.54, 1.807) is 0 Å². The molecule has 0 bridgehead atoms. The lowest BCUT2D eigenvalue weighted by atomic mass is 10.4. The Morgan fingerprint density at radius 2 is 1.94 bits per heavy atom. The zero-order chi connectivity index (χ0) is 13.9. The van der Waals surface area contributed by atoms with Crippen molar-refractivity contribution in [2.45, 2.75) is 4.90 Å². The Labute approximate surface area is 115 Å². The number of benzene rings is 1. The summed E-state index contributed by atoms with van der Waals surface area (Å²) in [6.07, 6.45) is 0. The number of nitrogens with zero attached hydrogens (tertiary/aromatic N) is 1. The molecule has 1 rings (SSSR count). The van der Waals surface area contributed by atoms with Gasteiger partial charge in [-0.2, -0.15) is 4.31 Å². The first kappa shape index (κ1) is 15.2. The van der Waals surface area contributed by atoms with Crippen molar-refractivity contribution in [3.8, 4) is 0 Å². The number of methoxy groups -OCH3 is 1. The average molecular weight is 312 g/mol. The van der Waals surface area contributed by atoms with Crippen LogP contribution in [0.4, 0.5) is 0 Å². The molecule has 0 unspecified atom stereocenters. The standard InChI is InChI=1S/C10H11Cl2NO4S/c1-13(6-10(14)17-2)18(15,16)7-3-4-8(11)9(12)5-7/h3-5H,6H2,1-2H3. The van der Waals surface area contributed by atoms with Crippen LogP contribution in [0.15, 0.2) is 23.1 Å². The number of hydrogen-bond acceptors (Lipinski definition) is 4. The van der Waals surface area contributed by atoms with E-state index >= 15 is 0 Å². The lowest BCUT2D eigenvalue weighted by Gasteiger charge is -2.16. The highest BCUT2D eigenvalue weighted by Gasteiger charge is 2.23. The molecule has 0 radical (unpaired) electrons. The maximum Gasteiger partial charge on any atom is 0.321 e. The van der Waals surface area contributed by atoms with Crippen LogP contribution in [0.2, 0.25) is 10.0 Å². The lowest BCUT2D eigenvalue weighted by Crippen LogP contribution is -2.32. The van der Waals surface area contributed by atoms with Crippen molar-refractivity contribution in [1.82, 2.24) is 4.31 Å². The molecular formula is C10H11Cl2NO4S. The molecule has 5 nitrogen and oxygen atoms in total. The molecule has 8 heteroatoms. The predicted octanol–water partition coefficient (Wildman–Crippen LogP) is 1.79. The summed E-state index contributed by atoms with van der Waals surface area (Å²) < 4.78 is 29.4. The van der Waals surface area contributed by atoms with Gasteiger partial charge in [0.1, 0.15) is 6.54 Å². The number of carbonyl (C=O) groups excluding carboxylic acids is 1. The molecule has 0 fully saturated rings. The second-order valence-corrected chi connectivity index (χ2v) is 6.27. The van der Waals surface area contributed by atoms with E-state index in [4.69, 9.17) is 23.2 Å². The minimum Gasteiger partial charge on any atom is -0.468 e. The van der Waals surface area contributed by atoms with E-state index in [0.717, 1.165) is 4.31 Å². The minimum atomic E-state index is -3.79. The molecular weight excluding hydrogens is 301 g/mol. The topological polar surface area (TPSA) is 63.7 Å². The van der Waals surface area contributed by atoms with E-state index in [0.29, 0.717) is 0 Å². The summed E-state index contributed by atoms with van der Waals surface area (Å²) >= 11 is 11.5. The highest BCUT2D eigenvalue weighted by molar-refractivity contribution is 7.89. The van der Waals surface area contributed by atoms with E-state index in [-0.39, 0.29) is 21.5 Å². The second-order valence-electron chi connectivity index (χ2n) is 3.41. The van der Waals surface area contributed by atoms with Gasteiger partial charge in [0.05, 0.1) is 22.1 Å². The quantitative estimate of drug-likeness (QED) is 0.795. The van der Waals surface area contributed by atoms with Gasteiger partial charge in [-0.1, -0.05) is 23.2 Å². The van der Waals surface area contributed by atoms with Crippen LogP contribution in [-0.2, 0) is 19.6 Å². The zero-order valence-electron chi connectivity index (χ0n) is 9.68. The van der Waals surface area contributed by atoms with Crippen molar-refractivity contribution in [2.75, 3.05) is 20.7 Å². The van der Waals surface area contributed by atoms with Crippen molar-refractivity contribution in [2.24, 2.45) is 0 Å². The van der Waals surface area contributed by atoms with Gasteiger partial charge in [0.15, 0.2) is 0 Å². The van der Waals surface area contributed by atoms with Gasteiger partial charge in [0.25, 0.3) is 0 Å². The largest absolute Gasteiger partial charge is 0.468 e. The van der Waals surface area contributed by atoms with Gasteiger partial charge >= 0.3 is 5.97 Å². The Balaban J connectivity index is 3.05. The van der Waals surface area contributed by atoms with E-state index in [1.165, 1.54) is 32.4 Å². The van der Waals surface area contributed by atoms with Crippen LogP contribution in [0.3, 0.4) is 0 Å². The van der Waals surface area contributed by atoms with Crippen molar-refractivity contribution in [3.63, 3.8) is 0 Å². The molecule has 1 aromatic carbocycles. The molecule has 1 aromatic rings. The van der Waals surface area contributed by atoms with Gasteiger partial charge in [-0.15, -0.1) is 0 Å². The molecule has 0 saturated carbocycles. The van der Waals surface area contributed by atoms with E-state index in [9.17, 15) is 13.2 Å². The van der Waals surface area contributed by atoms with Crippen LogP contribution in [0, 0.1) is 0 Å². The first-order valence-electron chi connectivity index (χ1n) is 4.77. The van der Waals surface area contributed by atoms with Gasteiger partial charge in [-0.25, -0.2) is 8.42 Å². The third kappa shape index (κ3) is 3.35. The summed E-state index contributed by atoms with van der Waals surface area (Å²) in [7, 11) is -1.34. The van der Waals surface area contributed by atoms with Crippen molar-refractivity contribution in [1.29, 1.82) is 0 Å². The summed E-state index contributed by atoms with van der Waals surface area (Å²) in [5.41, 5.74) is 0. The number of likely N-dealkylation sites (N-methyl/N-ethyl adjacent to an activating group) is 1. The number of ether oxygens (including phenoxy) is 1. The fourth-order valence-electron chi connectivity index (χ4n) is 1.15. The molecule has 0 amide bonds. The van der Waals surface area contributed by atoms with Gasteiger partial charge in [-0.05, 0) is 18.2 Å². The van der Waals surface area contributed by atoms with E-state index in [2.05, 4.69) is 4.74 Å². The van der Waals surface area contributed by atoms with Gasteiger partial charge in [0.2, 0.25) is 10.0 Å². The summed E-state index contributed by atoms with van der Waals surface area (Å²) in [6, 6.07) is 3.92. The number of esters is 1. The molecule has 0 spiro atoms. The second kappa shape index (κ2) is 5.88. The normalized spacial score (nSPS) is 11.6. The van der Waals surface area contributed by atoms with Crippen LogP contribution < -0.4 is 0 Å². The SMILES string of the molecule is COC(=O)CN(C)S(=O)(=O)c1ccc(Cl)c(Cl)c1. The number of carbonyl (C=O) groups is 1. The van der Waals surface area contributed by atoms with Crippen LogP contribution in [0.5, 0.6) is 0 Å². The fourth-order valence-corrected chi connectivity index (χ4v) is 2.65. The van der Waals surface area contributed by atoms with Crippen molar-refractivity contribution < 1.29 is 17.9 Å². The predicted molar refractivity (Wildman–Crippen MR) is 68.3 cm³/mol.